The number of nitrogens with one attached hydrogen (secondary N) is 3. The fourth-order valence-corrected chi connectivity index (χ4v) is 5.00. The van der Waals surface area contributed by atoms with Gasteiger partial charge in [0.05, 0.1) is 11.0 Å². The normalized spacial score (nSPS) is 12.5. The first-order chi connectivity index (χ1) is 21.4. The molecule has 1 fully saturated rings. The van der Waals surface area contributed by atoms with Gasteiger partial charge >= 0.3 is 5.97 Å². The van der Waals surface area contributed by atoms with E-state index in [4.69, 9.17) is 9.84 Å². The van der Waals surface area contributed by atoms with Crippen molar-refractivity contribution in [3.8, 4) is 17.0 Å². The Balaban J connectivity index is 0.000000258. The van der Waals surface area contributed by atoms with Crippen LogP contribution in [-0.4, -0.2) is 62.8 Å². The molecule has 0 saturated carbocycles. The highest BCUT2D eigenvalue weighted by atomic mass is 16.5. The van der Waals surface area contributed by atoms with E-state index in [0.29, 0.717) is 35.5 Å². The number of benzene rings is 3. The molecule has 1 saturated heterocycles. The number of ether oxygens (including phenoxy) is 1. The van der Waals surface area contributed by atoms with E-state index in [2.05, 4.69) is 32.2 Å². The minimum absolute atomic E-state index is 0. The van der Waals surface area contributed by atoms with E-state index in [1.54, 1.807) is 19.1 Å². The Morgan fingerprint density at radius 2 is 1.39 bits per heavy atom. The SMILES string of the molecule is C.C.C1CCNC1.CCC(=O)Oc1cc2[nH]c(CC)nc2c2ccccc12.CCc1nc2c([nH]1)C(=O)C(=O)c1ccccc1-2.CO. The third-order valence-corrected chi connectivity index (χ3v) is 7.26. The molecule has 2 aromatic heterocycles. The molecule has 2 aliphatic rings. The van der Waals surface area contributed by atoms with Crippen molar-refractivity contribution in [2.75, 3.05) is 20.2 Å². The molecule has 0 spiro atoms. The lowest BCUT2D eigenvalue weighted by molar-refractivity contribution is -0.133. The average molecular weight is 630 g/mol. The number of imidazole rings is 2. The minimum Gasteiger partial charge on any atom is -0.426 e. The number of fused-ring (bicyclic) bond motifs is 6. The Morgan fingerprint density at radius 3 is 1.98 bits per heavy atom. The zero-order chi connectivity index (χ0) is 31.6. The first kappa shape index (κ1) is 37.5. The summed E-state index contributed by atoms with van der Waals surface area (Å²) in [4.78, 5) is 50.5. The second kappa shape index (κ2) is 17.7. The molecule has 3 aromatic carbocycles. The van der Waals surface area contributed by atoms with Crippen molar-refractivity contribution in [2.45, 2.75) is 67.7 Å². The number of carbonyl (C=O) groups excluding carboxylic acids is 3. The summed E-state index contributed by atoms with van der Waals surface area (Å²) in [5.74, 6) is 1.07. The van der Waals surface area contributed by atoms with Crippen LogP contribution in [0.1, 0.15) is 87.4 Å². The lowest BCUT2D eigenvalue weighted by Crippen LogP contribution is -2.21. The van der Waals surface area contributed by atoms with Gasteiger partial charge in [-0.15, -0.1) is 0 Å². The van der Waals surface area contributed by atoms with Gasteiger partial charge in [0.1, 0.15) is 28.8 Å². The number of rotatable bonds is 4. The third-order valence-electron chi connectivity index (χ3n) is 7.26. The van der Waals surface area contributed by atoms with Gasteiger partial charge in [0, 0.05) is 54.3 Å². The predicted octanol–water partition coefficient (Wildman–Crippen LogP) is 6.86. The Morgan fingerprint density at radius 1 is 0.804 bits per heavy atom. The molecule has 3 heterocycles. The first-order valence-corrected chi connectivity index (χ1v) is 15.0. The van der Waals surface area contributed by atoms with E-state index < -0.39 is 11.6 Å². The largest absolute Gasteiger partial charge is 0.426 e. The average Bonchev–Trinajstić information content (AvgIpc) is 3.87. The summed E-state index contributed by atoms with van der Waals surface area (Å²) >= 11 is 0. The van der Waals surface area contributed by atoms with Gasteiger partial charge in [0.15, 0.2) is 0 Å². The molecule has 0 radical (unpaired) electrons. The van der Waals surface area contributed by atoms with Crippen molar-refractivity contribution in [3.63, 3.8) is 0 Å². The molecule has 0 atom stereocenters. The predicted molar refractivity (Wildman–Crippen MR) is 185 cm³/mol. The maximum atomic E-state index is 11.9. The van der Waals surface area contributed by atoms with Gasteiger partial charge in [-0.25, -0.2) is 9.97 Å². The molecule has 1 aliphatic heterocycles. The molecule has 0 bridgehead atoms. The summed E-state index contributed by atoms with van der Waals surface area (Å²) < 4.78 is 5.44. The molecule has 4 N–H and O–H groups in total. The highest BCUT2D eigenvalue weighted by molar-refractivity contribution is 6.52. The first-order valence-electron chi connectivity index (χ1n) is 15.0. The fraction of sp³-hybridized carbons (Fsp3) is 0.361. The number of nitrogens with zero attached hydrogens (tertiary/aromatic N) is 2. The van der Waals surface area contributed by atoms with Crippen LogP contribution < -0.4 is 10.1 Å². The smallest absolute Gasteiger partial charge is 0.310 e. The van der Waals surface area contributed by atoms with Crippen LogP contribution in [0.2, 0.25) is 0 Å². The number of H-pyrrole nitrogens is 2. The van der Waals surface area contributed by atoms with Crippen molar-refractivity contribution in [3.05, 3.63) is 77.5 Å². The number of aryl methyl sites for hydroxylation is 2. The molecular weight excluding hydrogens is 582 g/mol. The van der Waals surface area contributed by atoms with Gasteiger partial charge in [-0.2, -0.15) is 0 Å². The number of aromatic amines is 2. The number of aromatic nitrogens is 4. The van der Waals surface area contributed by atoms with Gasteiger partial charge in [-0.3, -0.25) is 14.4 Å². The van der Waals surface area contributed by atoms with Gasteiger partial charge in [-0.1, -0.05) is 84.2 Å². The number of aliphatic hydroxyl groups is 1. The van der Waals surface area contributed by atoms with Crippen LogP contribution in [-0.2, 0) is 17.6 Å². The van der Waals surface area contributed by atoms with E-state index in [9.17, 15) is 14.4 Å². The van der Waals surface area contributed by atoms with Crippen LogP contribution in [0.15, 0.2) is 54.6 Å². The Hall–Kier alpha value is -4.67. The molecule has 5 aromatic rings. The summed E-state index contributed by atoms with van der Waals surface area (Å²) in [6.45, 7) is 8.29. The molecule has 46 heavy (non-hydrogen) atoms. The maximum absolute atomic E-state index is 11.9. The van der Waals surface area contributed by atoms with Gasteiger partial charge in [0.2, 0.25) is 5.78 Å². The number of carbonyl (C=O) groups is 3. The van der Waals surface area contributed by atoms with Crippen molar-refractivity contribution in [1.82, 2.24) is 25.3 Å². The zero-order valence-corrected chi connectivity index (χ0v) is 25.6. The maximum Gasteiger partial charge on any atom is 0.310 e. The molecule has 0 amide bonds. The number of hydrogen-bond donors (Lipinski definition) is 4. The lowest BCUT2D eigenvalue weighted by Gasteiger charge is -2.11. The standard InChI is InChI=1S/C16H16N2O2.C13H10N2O2.C4H9N.CH4O.2CH4/c1-3-14-17-12-9-13(20-15(19)4-2)10-7-5-6-8-11(10)16(12)18-14;1-2-9-14-10-7-5-3-4-6-8(7)12(16)13(17)11(10)15-9;1-2-4-5-3-1;1-2;;/h5-9H,3-4H2,1-2H3,(H,17,18);3-6H,2H2,1H3,(H,14,15);5H,1-4H2;2H,1H3;2*1H4. The molecule has 1 aliphatic carbocycles. The van der Waals surface area contributed by atoms with Crippen LogP contribution in [0.3, 0.4) is 0 Å². The number of aliphatic hydroxyl groups excluding tert-OH is 1. The van der Waals surface area contributed by atoms with Crippen LogP contribution >= 0.6 is 0 Å². The second-order valence-electron chi connectivity index (χ2n) is 10.1. The van der Waals surface area contributed by atoms with Crippen LogP contribution in [0.5, 0.6) is 5.75 Å². The Labute approximate surface area is 271 Å². The van der Waals surface area contributed by atoms with E-state index in [-0.39, 0.29) is 20.8 Å². The van der Waals surface area contributed by atoms with Crippen molar-refractivity contribution in [1.29, 1.82) is 0 Å². The van der Waals surface area contributed by atoms with Crippen molar-refractivity contribution in [2.24, 2.45) is 0 Å². The monoisotopic (exact) mass is 629 g/mol. The summed E-state index contributed by atoms with van der Waals surface area (Å²) in [5.41, 5.74) is 3.93. The van der Waals surface area contributed by atoms with Crippen molar-refractivity contribution >= 4 is 39.3 Å². The number of hydrogen-bond acceptors (Lipinski definition) is 8. The van der Waals surface area contributed by atoms with Crippen LogP contribution in [0.4, 0.5) is 0 Å². The molecular formula is C36H47N5O5. The number of ketones is 2. The van der Waals surface area contributed by atoms with Gasteiger partial charge < -0.3 is 25.1 Å². The molecule has 246 valence electrons. The number of Topliss-reactive ketones (excluding diaryl/α,β-unsaturated/α-hetero) is 2. The van der Waals surface area contributed by atoms with E-state index in [0.717, 1.165) is 52.5 Å². The lowest BCUT2D eigenvalue weighted by atomic mass is 9.90. The van der Waals surface area contributed by atoms with Crippen LogP contribution in [0, 0.1) is 0 Å². The highest BCUT2D eigenvalue weighted by Crippen LogP contribution is 2.33. The molecule has 10 heteroatoms. The molecule has 7 rings (SSSR count). The summed E-state index contributed by atoms with van der Waals surface area (Å²) in [7, 11) is 1.00. The topological polar surface area (TPSA) is 150 Å². The summed E-state index contributed by atoms with van der Waals surface area (Å²) in [5, 5.41) is 12.1. The van der Waals surface area contributed by atoms with E-state index in [1.165, 1.54) is 25.9 Å². The molecule has 10 nitrogen and oxygen atoms in total. The highest BCUT2D eigenvalue weighted by Gasteiger charge is 2.32. The summed E-state index contributed by atoms with van der Waals surface area (Å²) in [6.07, 6.45) is 4.68. The Bertz CT molecular complexity index is 1760. The number of esters is 1. The fourth-order valence-electron chi connectivity index (χ4n) is 5.00. The van der Waals surface area contributed by atoms with E-state index in [1.807, 2.05) is 49.4 Å². The zero-order valence-electron chi connectivity index (χ0n) is 25.6. The van der Waals surface area contributed by atoms with Crippen molar-refractivity contribution < 1.29 is 24.2 Å². The van der Waals surface area contributed by atoms with Gasteiger partial charge in [-0.05, 0) is 25.9 Å². The van der Waals surface area contributed by atoms with Crippen LogP contribution in [0.25, 0.3) is 33.1 Å². The second-order valence-corrected chi connectivity index (χ2v) is 10.1. The molecule has 0 unspecified atom stereocenters. The van der Waals surface area contributed by atoms with Gasteiger partial charge in [0.25, 0.3) is 5.78 Å². The third kappa shape index (κ3) is 8.13. The Kier molecular flexibility index (Phi) is 14.5. The van der Waals surface area contributed by atoms with E-state index >= 15 is 0 Å². The summed E-state index contributed by atoms with van der Waals surface area (Å²) in [6, 6.07) is 16.8. The minimum atomic E-state index is -0.495. The quantitative estimate of drug-likeness (QED) is 0.0956.